The van der Waals surface area contributed by atoms with Crippen molar-refractivity contribution in [2.45, 2.75) is 32.2 Å². The molecule has 1 amide bonds. The van der Waals surface area contributed by atoms with E-state index in [-0.39, 0.29) is 11.9 Å². The maximum Gasteiger partial charge on any atom is 0.254 e. The Kier molecular flexibility index (Phi) is 6.16. The van der Waals surface area contributed by atoms with E-state index in [4.69, 9.17) is 4.42 Å². The number of aromatic nitrogens is 2. The van der Waals surface area contributed by atoms with Crippen molar-refractivity contribution in [2.24, 2.45) is 0 Å². The van der Waals surface area contributed by atoms with Crippen molar-refractivity contribution >= 4 is 21.8 Å². The average molecular weight is 457 g/mol. The lowest BCUT2D eigenvalue weighted by Gasteiger charge is -2.33. The van der Waals surface area contributed by atoms with Gasteiger partial charge in [-0.1, -0.05) is 22.4 Å². The van der Waals surface area contributed by atoms with Gasteiger partial charge in [0.05, 0.1) is 35.4 Å². The van der Waals surface area contributed by atoms with Crippen molar-refractivity contribution in [3.63, 3.8) is 0 Å². The highest BCUT2D eigenvalue weighted by atomic mass is 79.9. The summed E-state index contributed by atoms with van der Waals surface area (Å²) in [5.74, 6) is 0.786. The molecule has 4 rings (SSSR count). The molecule has 2 aromatic heterocycles. The molecule has 1 aromatic carbocycles. The molecule has 1 aliphatic heterocycles. The highest BCUT2D eigenvalue weighted by Crippen LogP contribution is 2.25. The third kappa shape index (κ3) is 4.46. The topological polar surface area (TPSA) is 63.3 Å². The molecule has 0 spiro atoms. The van der Waals surface area contributed by atoms with Crippen LogP contribution in [0.25, 0.3) is 5.69 Å². The zero-order valence-electron chi connectivity index (χ0n) is 16.5. The molecule has 3 heterocycles. The lowest BCUT2D eigenvalue weighted by atomic mass is 10.1. The minimum absolute atomic E-state index is 0.0519. The van der Waals surface area contributed by atoms with Crippen LogP contribution in [0.3, 0.4) is 0 Å². The average Bonchev–Trinajstić information content (AvgIpc) is 3.40. The van der Waals surface area contributed by atoms with Crippen LogP contribution in [0.15, 0.2) is 57.7 Å². The van der Waals surface area contributed by atoms with E-state index in [2.05, 4.69) is 31.2 Å². The first-order valence-electron chi connectivity index (χ1n) is 9.99. The van der Waals surface area contributed by atoms with Gasteiger partial charge in [-0.25, -0.2) is 4.68 Å². The standard InChI is InChI=1S/C22H25BrN4O2/c1-16-19(14-25-27(16)18-9-7-17(23)8-10-18)22(28)24-15-20(21-6-5-13-29-21)26-11-3-2-4-12-26/h5-10,13-14,20H,2-4,11-12,15H2,1H3,(H,24,28). The Morgan fingerprint density at radius 2 is 1.97 bits per heavy atom. The second-order valence-electron chi connectivity index (χ2n) is 7.37. The van der Waals surface area contributed by atoms with Gasteiger partial charge < -0.3 is 9.73 Å². The maximum absolute atomic E-state index is 12.9. The monoisotopic (exact) mass is 456 g/mol. The second-order valence-corrected chi connectivity index (χ2v) is 8.29. The Bertz CT molecular complexity index is 944. The predicted octanol–water partition coefficient (Wildman–Crippen LogP) is 4.49. The number of piperidine rings is 1. The van der Waals surface area contributed by atoms with Crippen LogP contribution in [-0.2, 0) is 0 Å². The number of likely N-dealkylation sites (tertiary alicyclic amines) is 1. The van der Waals surface area contributed by atoms with E-state index in [0.717, 1.165) is 34.7 Å². The van der Waals surface area contributed by atoms with Crippen LogP contribution < -0.4 is 5.32 Å². The number of carbonyl (C=O) groups excluding carboxylic acids is 1. The smallest absolute Gasteiger partial charge is 0.254 e. The molecule has 6 nitrogen and oxygen atoms in total. The molecule has 152 valence electrons. The van der Waals surface area contributed by atoms with Crippen LogP contribution in [0.1, 0.15) is 47.1 Å². The van der Waals surface area contributed by atoms with E-state index < -0.39 is 0 Å². The lowest BCUT2D eigenvalue weighted by Crippen LogP contribution is -2.40. The van der Waals surface area contributed by atoms with Gasteiger partial charge in [-0.05, 0) is 69.3 Å². The van der Waals surface area contributed by atoms with Gasteiger partial charge in [-0.3, -0.25) is 9.69 Å². The second kappa shape index (κ2) is 8.97. The van der Waals surface area contributed by atoms with E-state index in [1.807, 2.05) is 43.3 Å². The first-order chi connectivity index (χ1) is 14.1. The molecule has 1 atom stereocenters. The van der Waals surface area contributed by atoms with E-state index in [1.165, 1.54) is 19.3 Å². The summed E-state index contributed by atoms with van der Waals surface area (Å²) in [5.41, 5.74) is 2.33. The summed E-state index contributed by atoms with van der Waals surface area (Å²) >= 11 is 3.44. The molecule has 7 heteroatoms. The highest BCUT2D eigenvalue weighted by Gasteiger charge is 2.25. The fourth-order valence-corrected chi connectivity index (χ4v) is 4.14. The first kappa shape index (κ1) is 19.9. The van der Waals surface area contributed by atoms with Crippen molar-refractivity contribution < 1.29 is 9.21 Å². The number of nitrogens with one attached hydrogen (secondary N) is 1. The Balaban J connectivity index is 1.47. The minimum Gasteiger partial charge on any atom is -0.468 e. The Labute approximate surface area is 179 Å². The van der Waals surface area contributed by atoms with Crippen LogP contribution in [0, 0.1) is 6.92 Å². The number of carbonyl (C=O) groups is 1. The predicted molar refractivity (Wildman–Crippen MR) is 115 cm³/mol. The molecule has 0 saturated carbocycles. The molecule has 3 aromatic rings. The number of nitrogens with zero attached hydrogens (tertiary/aromatic N) is 3. The van der Waals surface area contributed by atoms with Crippen molar-refractivity contribution in [3.05, 3.63) is 70.3 Å². The van der Waals surface area contributed by atoms with Gasteiger partial charge in [-0.15, -0.1) is 0 Å². The van der Waals surface area contributed by atoms with Gasteiger partial charge in [0.15, 0.2) is 0 Å². The lowest BCUT2D eigenvalue weighted by molar-refractivity contribution is 0.0913. The number of benzene rings is 1. The number of furan rings is 1. The number of rotatable bonds is 6. The zero-order valence-corrected chi connectivity index (χ0v) is 18.1. The maximum atomic E-state index is 12.9. The molecular weight excluding hydrogens is 432 g/mol. The van der Waals surface area contributed by atoms with Crippen molar-refractivity contribution in [1.82, 2.24) is 20.0 Å². The van der Waals surface area contributed by atoms with Crippen LogP contribution in [0.5, 0.6) is 0 Å². The summed E-state index contributed by atoms with van der Waals surface area (Å²) < 4.78 is 8.46. The van der Waals surface area contributed by atoms with Gasteiger partial charge in [0.25, 0.3) is 5.91 Å². The number of hydrogen-bond acceptors (Lipinski definition) is 4. The number of amides is 1. The van der Waals surface area contributed by atoms with Crippen LogP contribution in [-0.4, -0.2) is 40.2 Å². The summed E-state index contributed by atoms with van der Waals surface area (Å²) in [6.45, 7) is 4.48. The van der Waals surface area contributed by atoms with Gasteiger partial charge in [0, 0.05) is 11.0 Å². The summed E-state index contributed by atoms with van der Waals surface area (Å²) in [4.78, 5) is 15.3. The molecule has 1 fully saturated rings. The molecule has 1 saturated heterocycles. The molecule has 1 unspecified atom stereocenters. The molecule has 0 bridgehead atoms. The Morgan fingerprint density at radius 1 is 1.21 bits per heavy atom. The summed E-state index contributed by atoms with van der Waals surface area (Å²) in [6, 6.07) is 11.8. The van der Waals surface area contributed by atoms with E-state index in [9.17, 15) is 4.79 Å². The van der Waals surface area contributed by atoms with Crippen LogP contribution >= 0.6 is 15.9 Å². The summed E-state index contributed by atoms with van der Waals surface area (Å²) in [6.07, 6.45) is 6.96. The van der Waals surface area contributed by atoms with Gasteiger partial charge in [0.2, 0.25) is 0 Å². The number of halogens is 1. The molecule has 0 radical (unpaired) electrons. The fraction of sp³-hybridized carbons (Fsp3) is 0.364. The van der Waals surface area contributed by atoms with E-state index in [0.29, 0.717) is 12.1 Å². The molecule has 0 aliphatic carbocycles. The summed E-state index contributed by atoms with van der Waals surface area (Å²) in [5, 5.41) is 7.51. The first-order valence-corrected chi connectivity index (χ1v) is 10.8. The quantitative estimate of drug-likeness (QED) is 0.593. The van der Waals surface area contributed by atoms with E-state index >= 15 is 0 Å². The van der Waals surface area contributed by atoms with E-state index in [1.54, 1.807) is 17.1 Å². The molecular formula is C22H25BrN4O2. The normalized spacial score (nSPS) is 15.9. The minimum atomic E-state index is -0.112. The third-order valence-corrected chi connectivity index (χ3v) is 6.01. The summed E-state index contributed by atoms with van der Waals surface area (Å²) in [7, 11) is 0. The largest absolute Gasteiger partial charge is 0.468 e. The van der Waals surface area contributed by atoms with Crippen LogP contribution in [0.4, 0.5) is 0 Å². The zero-order chi connectivity index (χ0) is 20.2. The SMILES string of the molecule is Cc1c(C(=O)NCC(c2ccco2)N2CCCCC2)cnn1-c1ccc(Br)cc1. The van der Waals surface area contributed by atoms with Gasteiger partial charge >= 0.3 is 0 Å². The number of hydrogen-bond donors (Lipinski definition) is 1. The van der Waals surface area contributed by atoms with Crippen LogP contribution in [0.2, 0.25) is 0 Å². The Hall–Kier alpha value is -2.38. The van der Waals surface area contributed by atoms with Crippen molar-refractivity contribution in [2.75, 3.05) is 19.6 Å². The highest BCUT2D eigenvalue weighted by molar-refractivity contribution is 9.10. The fourth-order valence-electron chi connectivity index (χ4n) is 3.88. The molecule has 1 N–H and O–H groups in total. The molecule has 1 aliphatic rings. The third-order valence-electron chi connectivity index (χ3n) is 5.48. The van der Waals surface area contributed by atoms with Gasteiger partial charge in [-0.2, -0.15) is 5.10 Å². The Morgan fingerprint density at radius 3 is 2.66 bits per heavy atom. The van der Waals surface area contributed by atoms with Crippen molar-refractivity contribution in [1.29, 1.82) is 0 Å². The van der Waals surface area contributed by atoms with Gasteiger partial charge in [0.1, 0.15) is 5.76 Å². The molecule has 29 heavy (non-hydrogen) atoms. The van der Waals surface area contributed by atoms with Crippen molar-refractivity contribution in [3.8, 4) is 5.69 Å².